The first-order valence-corrected chi connectivity index (χ1v) is 14.8. The number of amides is 1. The number of carbonyl (C=O) groups is 2. The molecule has 1 amide bonds. The summed E-state index contributed by atoms with van der Waals surface area (Å²) in [5.41, 5.74) is 5.20. The maximum absolute atomic E-state index is 13.3. The molecular formula is C32H36LiNO5S. The summed E-state index contributed by atoms with van der Waals surface area (Å²) in [4.78, 5) is 25.0. The third kappa shape index (κ3) is 8.49. The summed E-state index contributed by atoms with van der Waals surface area (Å²) in [5.74, 6) is -0.736. The third-order valence-electron chi connectivity index (χ3n) is 7.22. The first kappa shape index (κ1) is 32.0. The molecule has 4 rings (SSSR count). The zero-order valence-electron chi connectivity index (χ0n) is 23.6. The second-order valence-electron chi connectivity index (χ2n) is 9.91. The van der Waals surface area contributed by atoms with E-state index in [9.17, 15) is 14.7 Å². The van der Waals surface area contributed by atoms with Gasteiger partial charge in [0.1, 0.15) is 0 Å². The van der Waals surface area contributed by atoms with Crippen molar-refractivity contribution in [2.45, 2.75) is 44.9 Å². The fourth-order valence-corrected chi connectivity index (χ4v) is 5.52. The van der Waals surface area contributed by atoms with E-state index in [2.05, 4.69) is 17.4 Å². The Bertz CT molecular complexity index is 1250. The van der Waals surface area contributed by atoms with Gasteiger partial charge in [-0.1, -0.05) is 60.7 Å². The predicted molar refractivity (Wildman–Crippen MR) is 153 cm³/mol. The number of nitrogens with one attached hydrogen (secondary N) is 1. The minimum Gasteiger partial charge on any atom is -0.548 e. The molecule has 206 valence electrons. The summed E-state index contributed by atoms with van der Waals surface area (Å²) in [6.07, 6.45) is 4.04. The quantitative estimate of drug-likeness (QED) is 0.345. The van der Waals surface area contributed by atoms with Gasteiger partial charge < -0.3 is 24.7 Å². The van der Waals surface area contributed by atoms with Crippen molar-refractivity contribution in [3.8, 4) is 11.1 Å². The smallest absolute Gasteiger partial charge is 0.548 e. The van der Waals surface area contributed by atoms with Gasteiger partial charge in [0.05, 0.1) is 24.7 Å². The number of benzene rings is 3. The van der Waals surface area contributed by atoms with Crippen LogP contribution in [0.4, 0.5) is 0 Å². The first-order chi connectivity index (χ1) is 19.0. The first-order valence-electron chi connectivity index (χ1n) is 13.4. The van der Waals surface area contributed by atoms with Gasteiger partial charge in [-0.3, -0.25) is 4.79 Å². The van der Waals surface area contributed by atoms with E-state index in [0.29, 0.717) is 30.3 Å². The standard InChI is InChI=1S/C32H37NO5S.Li/c1-22-8-6-7-11-26(22)28-20-23(12-13-27(28)31(34)33-29(32(35)36)16-19-39-2)21-38-30(24-9-4-3-5-10-24)25-14-17-37-18-15-25;/h3-13,20,25,29-30H,14-19,21H2,1-2H3,(H,33,34)(H,35,36);/q;+1/p-1/t29-,30?;/m0./s1. The molecule has 1 unspecified atom stereocenters. The molecule has 8 heteroatoms. The van der Waals surface area contributed by atoms with Crippen molar-refractivity contribution in [2.24, 2.45) is 5.92 Å². The molecular weight excluding hydrogens is 517 g/mol. The third-order valence-corrected chi connectivity index (χ3v) is 7.86. The molecule has 0 bridgehead atoms. The SMILES string of the molecule is CSCC[C@H](NC(=O)c1ccc(COC(c2ccccc2)C2CCOCC2)cc1-c1ccccc1C)C(=O)[O-].[Li+]. The van der Waals surface area contributed by atoms with E-state index < -0.39 is 17.9 Å². The van der Waals surface area contributed by atoms with Gasteiger partial charge in [-0.15, -0.1) is 0 Å². The fraction of sp³-hybridized carbons (Fsp3) is 0.375. The summed E-state index contributed by atoms with van der Waals surface area (Å²) >= 11 is 1.53. The molecule has 0 aromatic heterocycles. The second-order valence-corrected chi connectivity index (χ2v) is 10.9. The van der Waals surface area contributed by atoms with Crippen LogP contribution in [0.5, 0.6) is 0 Å². The van der Waals surface area contributed by atoms with E-state index in [0.717, 1.165) is 53.9 Å². The average Bonchev–Trinajstić information content (AvgIpc) is 2.96. The number of aliphatic carboxylic acids is 1. The van der Waals surface area contributed by atoms with Crippen molar-refractivity contribution in [3.05, 3.63) is 95.1 Å². The number of ether oxygens (including phenoxy) is 2. The van der Waals surface area contributed by atoms with Gasteiger partial charge in [0.2, 0.25) is 0 Å². The van der Waals surface area contributed by atoms with Crippen molar-refractivity contribution in [1.29, 1.82) is 0 Å². The number of rotatable bonds is 12. The average molecular weight is 554 g/mol. The maximum Gasteiger partial charge on any atom is 1.00 e. The summed E-state index contributed by atoms with van der Waals surface area (Å²) < 4.78 is 12.2. The maximum atomic E-state index is 13.3. The number of carbonyl (C=O) groups excluding carboxylic acids is 2. The van der Waals surface area contributed by atoms with Gasteiger partial charge in [0.15, 0.2) is 0 Å². The van der Waals surface area contributed by atoms with Crippen molar-refractivity contribution >= 4 is 23.6 Å². The van der Waals surface area contributed by atoms with Crippen LogP contribution in [0.15, 0.2) is 72.8 Å². The van der Waals surface area contributed by atoms with Crippen LogP contribution in [-0.2, 0) is 20.9 Å². The molecule has 0 saturated carbocycles. The summed E-state index contributed by atoms with van der Waals surface area (Å²) in [7, 11) is 0. The fourth-order valence-electron chi connectivity index (χ4n) is 5.05. The van der Waals surface area contributed by atoms with Gasteiger partial charge in [0.25, 0.3) is 5.91 Å². The van der Waals surface area contributed by atoms with Crippen LogP contribution >= 0.6 is 11.8 Å². The van der Waals surface area contributed by atoms with Crippen molar-refractivity contribution < 1.29 is 43.0 Å². The van der Waals surface area contributed by atoms with E-state index in [4.69, 9.17) is 9.47 Å². The largest absolute Gasteiger partial charge is 1.00 e. The zero-order valence-corrected chi connectivity index (χ0v) is 24.4. The van der Waals surface area contributed by atoms with E-state index >= 15 is 0 Å². The number of hydrogen-bond acceptors (Lipinski definition) is 6. The van der Waals surface area contributed by atoms with Gasteiger partial charge in [-0.2, -0.15) is 11.8 Å². The molecule has 1 saturated heterocycles. The van der Waals surface area contributed by atoms with Gasteiger partial charge >= 0.3 is 18.9 Å². The Morgan fingerprint density at radius 2 is 1.73 bits per heavy atom. The topological polar surface area (TPSA) is 87.7 Å². The Hall–Kier alpha value is -2.53. The van der Waals surface area contributed by atoms with E-state index in [1.54, 1.807) is 6.07 Å². The van der Waals surface area contributed by atoms with Gasteiger partial charge in [-0.05, 0) is 84.1 Å². The molecule has 0 radical (unpaired) electrons. The minimum atomic E-state index is -1.28. The Labute approximate surface area is 253 Å². The molecule has 6 nitrogen and oxygen atoms in total. The number of carboxylic acids is 1. The molecule has 1 aliphatic heterocycles. The van der Waals surface area contributed by atoms with Gasteiger partial charge in [-0.25, -0.2) is 0 Å². The van der Waals surface area contributed by atoms with Crippen molar-refractivity contribution in [1.82, 2.24) is 5.32 Å². The van der Waals surface area contributed by atoms with E-state index in [1.807, 2.05) is 67.8 Å². The van der Waals surface area contributed by atoms with Crippen LogP contribution in [0.1, 0.15) is 52.4 Å². The van der Waals surface area contributed by atoms with Crippen molar-refractivity contribution in [2.75, 3.05) is 25.2 Å². The Morgan fingerprint density at radius 1 is 1.02 bits per heavy atom. The van der Waals surface area contributed by atoms with Crippen LogP contribution in [0.25, 0.3) is 11.1 Å². The molecule has 3 aromatic carbocycles. The van der Waals surface area contributed by atoms with Gasteiger partial charge in [0, 0.05) is 18.8 Å². The normalized spacial score (nSPS) is 15.1. The predicted octanol–water partition coefficient (Wildman–Crippen LogP) is 1.95. The number of aryl methyl sites for hydroxylation is 1. The second kappa shape index (κ2) is 16.0. The van der Waals surface area contributed by atoms with Crippen LogP contribution < -0.4 is 29.3 Å². The number of thioether (sulfide) groups is 1. The molecule has 1 fully saturated rings. The molecule has 0 spiro atoms. The Balaban J connectivity index is 0.00000441. The van der Waals surface area contributed by atoms with Crippen LogP contribution in [0, 0.1) is 12.8 Å². The summed E-state index contributed by atoms with van der Waals surface area (Å²) in [6, 6.07) is 22.8. The van der Waals surface area contributed by atoms with Crippen LogP contribution in [0.3, 0.4) is 0 Å². The molecule has 1 aliphatic rings. The minimum absolute atomic E-state index is 0. The summed E-state index contributed by atoms with van der Waals surface area (Å²) in [6.45, 7) is 3.86. The number of hydrogen-bond donors (Lipinski definition) is 1. The van der Waals surface area contributed by atoms with E-state index in [1.165, 1.54) is 11.8 Å². The van der Waals surface area contributed by atoms with Crippen LogP contribution in [0.2, 0.25) is 0 Å². The zero-order chi connectivity index (χ0) is 27.6. The van der Waals surface area contributed by atoms with E-state index in [-0.39, 0.29) is 25.0 Å². The molecule has 1 heterocycles. The molecule has 40 heavy (non-hydrogen) atoms. The molecule has 0 aliphatic carbocycles. The number of carboxylic acid groups (broad SMARTS) is 1. The molecule has 2 atom stereocenters. The Morgan fingerprint density at radius 3 is 2.40 bits per heavy atom. The monoisotopic (exact) mass is 553 g/mol. The molecule has 1 N–H and O–H groups in total. The molecule has 3 aromatic rings. The Kier molecular flexibility index (Phi) is 12.8. The summed E-state index contributed by atoms with van der Waals surface area (Å²) in [5, 5.41) is 14.3. The van der Waals surface area contributed by atoms with Crippen LogP contribution in [-0.4, -0.2) is 43.1 Å². The van der Waals surface area contributed by atoms with Crippen molar-refractivity contribution in [3.63, 3.8) is 0 Å².